The molecule has 0 amide bonds. The Morgan fingerprint density at radius 2 is 2.10 bits per heavy atom. The largest absolute Gasteiger partial charge is 0.387 e. The van der Waals surface area contributed by atoms with E-state index < -0.39 is 0 Å². The van der Waals surface area contributed by atoms with Crippen LogP contribution in [-0.4, -0.2) is 5.84 Å². The molecule has 0 aromatic rings. The van der Waals surface area contributed by atoms with Crippen LogP contribution in [0.4, 0.5) is 0 Å². The van der Waals surface area contributed by atoms with Gasteiger partial charge in [-0.05, 0) is 31.1 Å². The van der Waals surface area contributed by atoms with Gasteiger partial charge in [0.25, 0.3) is 0 Å². The standard InChI is InChI=1S/C8H14N2/c9-8(10)7-4-5-1-2-6(7)3-5/h5-7H,1-4H2,(H3,9,10)/t5-,6+,7+/m1/s1. The summed E-state index contributed by atoms with van der Waals surface area (Å²) >= 11 is 0. The Morgan fingerprint density at radius 3 is 2.40 bits per heavy atom. The normalized spacial score (nSPS) is 44.2. The van der Waals surface area contributed by atoms with E-state index in [1.165, 1.54) is 25.7 Å². The van der Waals surface area contributed by atoms with E-state index in [2.05, 4.69) is 0 Å². The van der Waals surface area contributed by atoms with Crippen molar-refractivity contribution in [3.63, 3.8) is 0 Å². The van der Waals surface area contributed by atoms with E-state index in [-0.39, 0.29) is 0 Å². The minimum absolute atomic E-state index is 0.437. The van der Waals surface area contributed by atoms with E-state index in [1.54, 1.807) is 0 Å². The molecule has 2 aliphatic rings. The van der Waals surface area contributed by atoms with Gasteiger partial charge in [-0.15, -0.1) is 0 Å². The van der Waals surface area contributed by atoms with Crippen LogP contribution in [-0.2, 0) is 0 Å². The van der Waals surface area contributed by atoms with Crippen LogP contribution in [0, 0.1) is 23.2 Å². The van der Waals surface area contributed by atoms with E-state index in [0.29, 0.717) is 11.8 Å². The molecule has 2 aliphatic carbocycles. The molecule has 3 N–H and O–H groups in total. The van der Waals surface area contributed by atoms with Crippen molar-refractivity contribution in [2.45, 2.75) is 25.7 Å². The average Bonchev–Trinajstić information content (AvgIpc) is 2.44. The summed E-state index contributed by atoms with van der Waals surface area (Å²) in [6.45, 7) is 0. The maximum absolute atomic E-state index is 7.32. The fraction of sp³-hybridized carbons (Fsp3) is 0.875. The zero-order chi connectivity index (χ0) is 7.14. The number of hydrogen-bond acceptors (Lipinski definition) is 1. The molecule has 0 unspecified atom stereocenters. The van der Waals surface area contributed by atoms with Gasteiger partial charge < -0.3 is 5.73 Å². The van der Waals surface area contributed by atoms with Gasteiger partial charge in [-0.25, -0.2) is 0 Å². The fourth-order valence-corrected chi connectivity index (χ4v) is 2.63. The summed E-state index contributed by atoms with van der Waals surface area (Å²) in [7, 11) is 0. The van der Waals surface area contributed by atoms with Gasteiger partial charge in [-0.2, -0.15) is 0 Å². The molecular weight excluding hydrogens is 124 g/mol. The van der Waals surface area contributed by atoms with Crippen LogP contribution in [0.15, 0.2) is 0 Å². The zero-order valence-corrected chi connectivity index (χ0v) is 6.14. The topological polar surface area (TPSA) is 49.9 Å². The first-order valence-electron chi connectivity index (χ1n) is 4.11. The molecule has 2 bridgehead atoms. The number of amidine groups is 1. The molecule has 2 saturated carbocycles. The lowest BCUT2D eigenvalue weighted by Gasteiger charge is -2.19. The summed E-state index contributed by atoms with van der Waals surface area (Å²) < 4.78 is 0. The zero-order valence-electron chi connectivity index (χ0n) is 6.14. The van der Waals surface area contributed by atoms with Crippen LogP contribution < -0.4 is 5.73 Å². The molecule has 0 saturated heterocycles. The predicted molar refractivity (Wildman–Crippen MR) is 40.9 cm³/mol. The van der Waals surface area contributed by atoms with Crippen molar-refractivity contribution in [3.8, 4) is 0 Å². The van der Waals surface area contributed by atoms with Crippen molar-refractivity contribution >= 4 is 5.84 Å². The first-order valence-corrected chi connectivity index (χ1v) is 4.11. The van der Waals surface area contributed by atoms with Gasteiger partial charge >= 0.3 is 0 Å². The smallest absolute Gasteiger partial charge is 0.0939 e. The van der Waals surface area contributed by atoms with Crippen molar-refractivity contribution in [3.05, 3.63) is 0 Å². The van der Waals surface area contributed by atoms with E-state index in [4.69, 9.17) is 11.1 Å². The molecule has 2 fully saturated rings. The van der Waals surface area contributed by atoms with Crippen molar-refractivity contribution < 1.29 is 0 Å². The number of fused-ring (bicyclic) bond motifs is 2. The summed E-state index contributed by atoms with van der Waals surface area (Å²) in [5.74, 6) is 2.59. The molecule has 2 rings (SSSR count). The highest BCUT2D eigenvalue weighted by molar-refractivity contribution is 5.80. The second-order valence-corrected chi connectivity index (χ2v) is 3.74. The summed E-state index contributed by atoms with van der Waals surface area (Å²) in [5.41, 5.74) is 5.47. The van der Waals surface area contributed by atoms with Gasteiger partial charge in [0, 0.05) is 5.92 Å². The molecule has 56 valence electrons. The average molecular weight is 138 g/mol. The number of nitrogens with one attached hydrogen (secondary N) is 1. The summed E-state index contributed by atoms with van der Waals surface area (Å²) in [5, 5.41) is 7.32. The SMILES string of the molecule is N=C(N)[C@H]1C[C@@H]2CC[C@H]1C2. The quantitative estimate of drug-likeness (QED) is 0.417. The van der Waals surface area contributed by atoms with Crippen LogP contribution in [0.5, 0.6) is 0 Å². The molecule has 0 aliphatic heterocycles. The van der Waals surface area contributed by atoms with Crippen molar-refractivity contribution in [2.24, 2.45) is 23.5 Å². The lowest BCUT2D eigenvalue weighted by Crippen LogP contribution is -2.26. The highest BCUT2D eigenvalue weighted by Gasteiger charge is 2.40. The monoisotopic (exact) mass is 138 g/mol. The van der Waals surface area contributed by atoms with Gasteiger partial charge in [0.15, 0.2) is 0 Å². The molecule has 10 heavy (non-hydrogen) atoms. The van der Waals surface area contributed by atoms with E-state index in [9.17, 15) is 0 Å². The number of nitrogens with two attached hydrogens (primary N) is 1. The fourth-order valence-electron chi connectivity index (χ4n) is 2.63. The van der Waals surface area contributed by atoms with Gasteiger partial charge in [0.2, 0.25) is 0 Å². The van der Waals surface area contributed by atoms with Crippen LogP contribution in [0.3, 0.4) is 0 Å². The Labute approximate surface area is 61.3 Å². The van der Waals surface area contributed by atoms with Crippen molar-refractivity contribution in [1.29, 1.82) is 5.41 Å². The molecule has 0 aromatic carbocycles. The third-order valence-electron chi connectivity index (χ3n) is 3.14. The van der Waals surface area contributed by atoms with Crippen LogP contribution in [0.2, 0.25) is 0 Å². The number of hydrogen-bond donors (Lipinski definition) is 2. The molecule has 3 atom stereocenters. The molecule has 0 radical (unpaired) electrons. The van der Waals surface area contributed by atoms with Crippen LogP contribution in [0.25, 0.3) is 0 Å². The van der Waals surface area contributed by atoms with Crippen molar-refractivity contribution in [2.75, 3.05) is 0 Å². The summed E-state index contributed by atoms with van der Waals surface area (Å²) in [6, 6.07) is 0. The van der Waals surface area contributed by atoms with E-state index >= 15 is 0 Å². The Bertz CT molecular complexity index is 165. The highest BCUT2D eigenvalue weighted by atomic mass is 14.7. The lowest BCUT2D eigenvalue weighted by atomic mass is 9.88. The number of rotatable bonds is 1. The highest BCUT2D eigenvalue weighted by Crippen LogP contribution is 2.47. The Hall–Kier alpha value is -0.530. The second-order valence-electron chi connectivity index (χ2n) is 3.74. The third-order valence-corrected chi connectivity index (χ3v) is 3.14. The Balaban J connectivity index is 2.08. The maximum Gasteiger partial charge on any atom is 0.0939 e. The molecule has 0 heterocycles. The minimum Gasteiger partial charge on any atom is -0.387 e. The van der Waals surface area contributed by atoms with Crippen LogP contribution >= 0.6 is 0 Å². The van der Waals surface area contributed by atoms with Gasteiger partial charge in [-0.1, -0.05) is 6.42 Å². The molecule has 2 heteroatoms. The molecule has 0 aromatic heterocycles. The van der Waals surface area contributed by atoms with E-state index in [0.717, 1.165) is 11.8 Å². The summed E-state index contributed by atoms with van der Waals surface area (Å²) in [4.78, 5) is 0. The summed E-state index contributed by atoms with van der Waals surface area (Å²) in [6.07, 6.45) is 5.29. The predicted octanol–water partition coefficient (Wildman–Crippen LogP) is 1.36. The van der Waals surface area contributed by atoms with Gasteiger partial charge in [0.05, 0.1) is 5.84 Å². The Morgan fingerprint density at radius 1 is 1.30 bits per heavy atom. The molecule has 0 spiro atoms. The van der Waals surface area contributed by atoms with Gasteiger partial charge in [-0.3, -0.25) is 5.41 Å². The first-order chi connectivity index (χ1) is 4.77. The molecule has 2 nitrogen and oxygen atoms in total. The third kappa shape index (κ3) is 0.746. The Kier molecular flexibility index (Phi) is 1.22. The second kappa shape index (κ2) is 1.97. The maximum atomic E-state index is 7.32. The first kappa shape index (κ1) is 6.20. The lowest BCUT2D eigenvalue weighted by molar-refractivity contribution is 0.412. The van der Waals surface area contributed by atoms with E-state index in [1.807, 2.05) is 0 Å². The minimum atomic E-state index is 0.437. The van der Waals surface area contributed by atoms with Gasteiger partial charge in [0.1, 0.15) is 0 Å². The van der Waals surface area contributed by atoms with Crippen LogP contribution in [0.1, 0.15) is 25.7 Å². The molecular formula is C8H14N2. The van der Waals surface area contributed by atoms with Crippen molar-refractivity contribution in [1.82, 2.24) is 0 Å².